The molecule has 0 aromatic rings. The molecule has 3 rings (SSSR count). The smallest absolute Gasteiger partial charge is 0.0771 e. The lowest BCUT2D eigenvalue weighted by molar-refractivity contribution is 0.0404. The van der Waals surface area contributed by atoms with Gasteiger partial charge in [0.1, 0.15) is 0 Å². The Kier molecular flexibility index (Phi) is 2.94. The second-order valence-electron chi connectivity index (χ2n) is 6.06. The van der Waals surface area contributed by atoms with Crippen LogP contribution in [-0.2, 0) is 0 Å². The molecule has 0 spiro atoms. The Bertz CT molecular complexity index is 250. The summed E-state index contributed by atoms with van der Waals surface area (Å²) in [7, 11) is 0. The zero-order valence-electron chi connectivity index (χ0n) is 10.1. The second-order valence-corrected chi connectivity index (χ2v) is 6.06. The number of hydrogen-bond donors (Lipinski definition) is 2. The minimum atomic E-state index is -0.379. The molecule has 1 aliphatic carbocycles. The van der Waals surface area contributed by atoms with E-state index in [4.69, 9.17) is 0 Å². The molecule has 3 atom stereocenters. The summed E-state index contributed by atoms with van der Waals surface area (Å²) >= 11 is 0. The molecule has 3 nitrogen and oxygen atoms in total. The van der Waals surface area contributed by atoms with E-state index in [1.54, 1.807) is 0 Å². The first-order valence-electron chi connectivity index (χ1n) is 6.93. The van der Waals surface area contributed by atoms with Gasteiger partial charge in [0.15, 0.2) is 0 Å². The quantitative estimate of drug-likeness (QED) is 0.750. The molecule has 2 N–H and O–H groups in total. The molecule has 2 heterocycles. The van der Waals surface area contributed by atoms with E-state index in [0.29, 0.717) is 6.04 Å². The molecule has 3 fully saturated rings. The summed E-state index contributed by atoms with van der Waals surface area (Å²) in [5.74, 6) is 0.846. The van der Waals surface area contributed by atoms with Gasteiger partial charge < -0.3 is 15.3 Å². The first-order valence-corrected chi connectivity index (χ1v) is 6.93. The number of fused-ring (bicyclic) bond motifs is 2. The van der Waals surface area contributed by atoms with Crippen molar-refractivity contribution in [2.45, 2.75) is 50.2 Å². The number of nitrogens with zero attached hydrogens (tertiary/aromatic N) is 1. The van der Waals surface area contributed by atoms with Crippen molar-refractivity contribution < 1.29 is 5.11 Å². The monoisotopic (exact) mass is 224 g/mol. The molecule has 2 bridgehead atoms. The van der Waals surface area contributed by atoms with Gasteiger partial charge in [-0.3, -0.25) is 0 Å². The van der Waals surface area contributed by atoms with Crippen molar-refractivity contribution in [1.82, 2.24) is 10.2 Å². The van der Waals surface area contributed by atoms with Crippen molar-refractivity contribution in [2.75, 3.05) is 26.2 Å². The van der Waals surface area contributed by atoms with Gasteiger partial charge in [-0.1, -0.05) is 12.8 Å². The highest BCUT2D eigenvalue weighted by Crippen LogP contribution is 2.31. The highest BCUT2D eigenvalue weighted by molar-refractivity contribution is 4.93. The maximum atomic E-state index is 10.3. The molecule has 3 aliphatic rings. The van der Waals surface area contributed by atoms with Crippen LogP contribution in [0.5, 0.6) is 0 Å². The van der Waals surface area contributed by atoms with Crippen LogP contribution in [0, 0.1) is 5.92 Å². The normalized spacial score (nSPS) is 41.4. The summed E-state index contributed by atoms with van der Waals surface area (Å²) in [6.45, 7) is 4.67. The molecule has 3 heteroatoms. The van der Waals surface area contributed by atoms with Gasteiger partial charge in [-0.2, -0.15) is 0 Å². The molecule has 2 aliphatic heterocycles. The third-order valence-corrected chi connectivity index (χ3v) is 4.86. The zero-order chi connectivity index (χ0) is 11.0. The van der Waals surface area contributed by atoms with Crippen LogP contribution in [0.1, 0.15) is 38.5 Å². The summed E-state index contributed by atoms with van der Waals surface area (Å²) < 4.78 is 0. The lowest BCUT2D eigenvalue weighted by Gasteiger charge is -2.33. The van der Waals surface area contributed by atoms with E-state index in [1.807, 2.05) is 0 Å². The topological polar surface area (TPSA) is 35.5 Å². The van der Waals surface area contributed by atoms with Crippen LogP contribution in [0.2, 0.25) is 0 Å². The Labute approximate surface area is 98.2 Å². The third-order valence-electron chi connectivity index (χ3n) is 4.86. The zero-order valence-corrected chi connectivity index (χ0v) is 10.1. The first-order chi connectivity index (χ1) is 7.75. The molecule has 2 saturated heterocycles. The maximum absolute atomic E-state index is 10.3. The lowest BCUT2D eigenvalue weighted by atomic mass is 9.93. The summed E-state index contributed by atoms with van der Waals surface area (Å²) in [5, 5.41) is 14.0. The van der Waals surface area contributed by atoms with Gasteiger partial charge in [-0.05, 0) is 44.7 Å². The summed E-state index contributed by atoms with van der Waals surface area (Å²) in [4.78, 5) is 2.58. The summed E-state index contributed by atoms with van der Waals surface area (Å²) in [6, 6.07) is 0.670. The fourth-order valence-electron chi connectivity index (χ4n) is 3.75. The lowest BCUT2D eigenvalue weighted by Crippen LogP contribution is -2.49. The van der Waals surface area contributed by atoms with Crippen molar-refractivity contribution >= 4 is 0 Å². The molecule has 92 valence electrons. The number of rotatable bonds is 3. The molecule has 0 radical (unpaired) electrons. The SMILES string of the molecule is OC1(CNC2CCN3CCC2C3)CCCC1. The van der Waals surface area contributed by atoms with Crippen molar-refractivity contribution in [3.63, 3.8) is 0 Å². The largest absolute Gasteiger partial charge is 0.389 e. The number of hydrogen-bond acceptors (Lipinski definition) is 3. The standard InChI is InChI=1S/C13H24N2O/c16-13(5-1-2-6-13)10-14-12-4-8-15-7-3-11(12)9-15/h11-12,14,16H,1-10H2. The highest BCUT2D eigenvalue weighted by atomic mass is 16.3. The van der Waals surface area contributed by atoms with Crippen molar-refractivity contribution in [3.8, 4) is 0 Å². The maximum Gasteiger partial charge on any atom is 0.0771 e. The molecule has 1 saturated carbocycles. The van der Waals surface area contributed by atoms with Gasteiger partial charge in [0.25, 0.3) is 0 Å². The van der Waals surface area contributed by atoms with E-state index in [9.17, 15) is 5.11 Å². The molecular formula is C13H24N2O. The minimum Gasteiger partial charge on any atom is -0.389 e. The summed E-state index contributed by atoms with van der Waals surface area (Å²) in [5.41, 5.74) is -0.379. The van der Waals surface area contributed by atoms with E-state index in [-0.39, 0.29) is 5.60 Å². The molecular weight excluding hydrogens is 200 g/mol. The van der Waals surface area contributed by atoms with Crippen LogP contribution in [-0.4, -0.2) is 47.8 Å². The van der Waals surface area contributed by atoms with Gasteiger partial charge in [0.2, 0.25) is 0 Å². The first kappa shape index (κ1) is 11.0. The van der Waals surface area contributed by atoms with E-state index in [1.165, 1.54) is 45.3 Å². The Hall–Kier alpha value is -0.120. The Balaban J connectivity index is 1.51. The number of aliphatic hydroxyl groups is 1. The van der Waals surface area contributed by atoms with Crippen molar-refractivity contribution in [1.29, 1.82) is 0 Å². The van der Waals surface area contributed by atoms with Crippen LogP contribution in [0.25, 0.3) is 0 Å². The predicted octanol–water partition coefficient (Wildman–Crippen LogP) is 0.975. The predicted molar refractivity (Wildman–Crippen MR) is 64.4 cm³/mol. The van der Waals surface area contributed by atoms with Crippen molar-refractivity contribution in [3.05, 3.63) is 0 Å². The molecule has 0 aromatic heterocycles. The molecule has 0 amide bonds. The van der Waals surface area contributed by atoms with Crippen LogP contribution in [0.4, 0.5) is 0 Å². The molecule has 0 aromatic carbocycles. The third kappa shape index (κ3) is 2.13. The van der Waals surface area contributed by atoms with Gasteiger partial charge in [-0.15, -0.1) is 0 Å². The highest BCUT2D eigenvalue weighted by Gasteiger charge is 2.36. The van der Waals surface area contributed by atoms with E-state index in [2.05, 4.69) is 10.2 Å². The fourth-order valence-corrected chi connectivity index (χ4v) is 3.75. The molecule has 3 unspecified atom stereocenters. The number of piperidine rings is 1. The average Bonchev–Trinajstić information content (AvgIpc) is 2.87. The second kappa shape index (κ2) is 4.28. The minimum absolute atomic E-state index is 0.379. The Morgan fingerprint density at radius 2 is 1.94 bits per heavy atom. The van der Waals surface area contributed by atoms with Crippen LogP contribution in [0.15, 0.2) is 0 Å². The summed E-state index contributed by atoms with van der Waals surface area (Å²) in [6.07, 6.45) is 7.06. The fraction of sp³-hybridized carbons (Fsp3) is 1.00. The van der Waals surface area contributed by atoms with E-state index in [0.717, 1.165) is 25.3 Å². The Morgan fingerprint density at radius 1 is 1.19 bits per heavy atom. The van der Waals surface area contributed by atoms with Gasteiger partial charge in [0.05, 0.1) is 5.60 Å². The van der Waals surface area contributed by atoms with Gasteiger partial charge >= 0.3 is 0 Å². The van der Waals surface area contributed by atoms with Gasteiger partial charge in [-0.25, -0.2) is 0 Å². The van der Waals surface area contributed by atoms with Crippen LogP contribution >= 0.6 is 0 Å². The Morgan fingerprint density at radius 3 is 2.75 bits per heavy atom. The van der Waals surface area contributed by atoms with Gasteiger partial charge in [0, 0.05) is 19.1 Å². The number of nitrogens with one attached hydrogen (secondary N) is 1. The average molecular weight is 224 g/mol. The van der Waals surface area contributed by atoms with E-state index >= 15 is 0 Å². The van der Waals surface area contributed by atoms with Crippen molar-refractivity contribution in [2.24, 2.45) is 5.92 Å². The van der Waals surface area contributed by atoms with E-state index < -0.39 is 0 Å². The van der Waals surface area contributed by atoms with Crippen LogP contribution < -0.4 is 5.32 Å². The van der Waals surface area contributed by atoms with Crippen LogP contribution in [0.3, 0.4) is 0 Å². The molecule has 16 heavy (non-hydrogen) atoms.